The van der Waals surface area contributed by atoms with Crippen molar-refractivity contribution in [3.05, 3.63) is 16.0 Å². The first-order valence-electron chi connectivity index (χ1n) is 11.0. The summed E-state index contributed by atoms with van der Waals surface area (Å²) < 4.78 is 5.04. The maximum absolute atomic E-state index is 12.9. The Labute approximate surface area is 178 Å². The van der Waals surface area contributed by atoms with E-state index in [0.717, 1.165) is 31.2 Å². The number of nitrogens with one attached hydrogen (secondary N) is 2. The number of carbonyl (C=O) groups excluding carboxylic acids is 2. The minimum Gasteiger partial charge on any atom is -0.383 e. The van der Waals surface area contributed by atoms with Gasteiger partial charge in [0.25, 0.3) is 5.91 Å². The first-order chi connectivity index (χ1) is 14.0. The van der Waals surface area contributed by atoms with Crippen LogP contribution in [0.4, 0.5) is 5.00 Å². The highest BCUT2D eigenvalue weighted by Crippen LogP contribution is 2.38. The number of nitrogens with zero attached hydrogens (tertiary/aromatic N) is 1. The number of thiophene rings is 1. The third-order valence-electron chi connectivity index (χ3n) is 6.03. The van der Waals surface area contributed by atoms with Crippen LogP contribution < -0.4 is 10.6 Å². The summed E-state index contributed by atoms with van der Waals surface area (Å²) in [6.07, 6.45) is 8.99. The zero-order valence-corrected chi connectivity index (χ0v) is 18.8. The van der Waals surface area contributed by atoms with E-state index >= 15 is 0 Å². The van der Waals surface area contributed by atoms with Crippen LogP contribution in [0.1, 0.15) is 73.2 Å². The Kier molecular flexibility index (Phi) is 8.09. The van der Waals surface area contributed by atoms with Crippen molar-refractivity contribution in [2.24, 2.45) is 0 Å². The minimum atomic E-state index is -0.103. The number of hydrogen-bond acceptors (Lipinski definition) is 5. The molecule has 0 radical (unpaired) electrons. The summed E-state index contributed by atoms with van der Waals surface area (Å²) in [5, 5.41) is 6.74. The molecular weight excluding hydrogens is 386 g/mol. The molecule has 1 aromatic heterocycles. The van der Waals surface area contributed by atoms with Gasteiger partial charge in [-0.1, -0.05) is 12.8 Å². The molecule has 0 atom stereocenters. The SMILES string of the molecule is COCCNC(=O)c1c(NC(=O)CN(C(C)C)C2CCCC2)sc2c1CCCC2. The monoisotopic (exact) mass is 421 g/mol. The average molecular weight is 422 g/mol. The molecule has 1 aromatic rings. The van der Waals surface area contributed by atoms with E-state index in [2.05, 4.69) is 29.4 Å². The van der Waals surface area contributed by atoms with Crippen molar-refractivity contribution >= 4 is 28.2 Å². The molecule has 2 aliphatic rings. The Balaban J connectivity index is 1.74. The predicted molar refractivity (Wildman–Crippen MR) is 118 cm³/mol. The molecule has 29 heavy (non-hydrogen) atoms. The van der Waals surface area contributed by atoms with Crippen LogP contribution in [0, 0.1) is 0 Å². The minimum absolute atomic E-state index is 0.0184. The molecule has 2 N–H and O–H groups in total. The molecule has 2 aliphatic carbocycles. The van der Waals surface area contributed by atoms with Gasteiger partial charge in [0.1, 0.15) is 5.00 Å². The second-order valence-corrected chi connectivity index (χ2v) is 9.52. The molecule has 0 unspecified atom stereocenters. The molecule has 7 heteroatoms. The van der Waals surface area contributed by atoms with Gasteiger partial charge < -0.3 is 15.4 Å². The molecule has 1 heterocycles. The highest BCUT2D eigenvalue weighted by Gasteiger charge is 2.29. The molecule has 3 rings (SSSR count). The number of hydrogen-bond donors (Lipinski definition) is 2. The normalized spacial score (nSPS) is 17.0. The quantitative estimate of drug-likeness (QED) is 0.598. The summed E-state index contributed by atoms with van der Waals surface area (Å²) in [5.74, 6) is -0.122. The summed E-state index contributed by atoms with van der Waals surface area (Å²) in [6.45, 7) is 5.64. The van der Waals surface area contributed by atoms with Crippen molar-refractivity contribution in [2.75, 3.05) is 32.1 Å². The van der Waals surface area contributed by atoms with Crippen LogP contribution in [0.2, 0.25) is 0 Å². The summed E-state index contributed by atoms with van der Waals surface area (Å²) in [7, 11) is 1.62. The van der Waals surface area contributed by atoms with Crippen LogP contribution >= 0.6 is 11.3 Å². The average Bonchev–Trinajstić information content (AvgIpc) is 3.33. The molecule has 0 aliphatic heterocycles. The van der Waals surface area contributed by atoms with Crippen LogP contribution in [-0.4, -0.2) is 55.6 Å². The standard InChI is InChI=1S/C22H35N3O3S/c1-15(2)25(16-8-4-5-9-16)14-19(26)24-22-20(21(27)23-12-13-28-3)17-10-6-7-11-18(17)29-22/h15-16H,4-14H2,1-3H3,(H,23,27)(H,24,26). The van der Waals surface area contributed by atoms with Crippen molar-refractivity contribution in [2.45, 2.75) is 77.3 Å². The van der Waals surface area contributed by atoms with Crippen LogP contribution in [-0.2, 0) is 22.4 Å². The summed E-state index contributed by atoms with van der Waals surface area (Å²) >= 11 is 1.58. The molecule has 1 fully saturated rings. The summed E-state index contributed by atoms with van der Waals surface area (Å²) in [4.78, 5) is 29.4. The van der Waals surface area contributed by atoms with E-state index in [1.54, 1.807) is 18.4 Å². The van der Waals surface area contributed by atoms with Gasteiger partial charge in [-0.25, -0.2) is 0 Å². The number of methoxy groups -OCH3 is 1. The lowest BCUT2D eigenvalue weighted by molar-refractivity contribution is -0.118. The Morgan fingerprint density at radius 1 is 1.17 bits per heavy atom. The Morgan fingerprint density at radius 2 is 1.90 bits per heavy atom. The molecule has 1 saturated carbocycles. The highest BCUT2D eigenvalue weighted by atomic mass is 32.1. The molecule has 2 amide bonds. The number of carbonyl (C=O) groups is 2. The highest BCUT2D eigenvalue weighted by molar-refractivity contribution is 7.17. The van der Waals surface area contributed by atoms with E-state index in [1.807, 2.05) is 0 Å². The molecule has 0 aromatic carbocycles. The molecule has 0 saturated heterocycles. The largest absolute Gasteiger partial charge is 0.383 e. The molecular formula is C22H35N3O3S. The lowest BCUT2D eigenvalue weighted by atomic mass is 9.95. The van der Waals surface area contributed by atoms with Crippen molar-refractivity contribution in [3.63, 3.8) is 0 Å². The van der Waals surface area contributed by atoms with Crippen molar-refractivity contribution in [1.82, 2.24) is 10.2 Å². The zero-order valence-electron chi connectivity index (χ0n) is 18.0. The number of ether oxygens (including phenoxy) is 1. The number of anilines is 1. The van der Waals surface area contributed by atoms with Gasteiger partial charge in [0.15, 0.2) is 0 Å². The van der Waals surface area contributed by atoms with E-state index < -0.39 is 0 Å². The Hall–Kier alpha value is -1.44. The van der Waals surface area contributed by atoms with Gasteiger partial charge in [-0.2, -0.15) is 0 Å². The molecule has 0 bridgehead atoms. The maximum Gasteiger partial charge on any atom is 0.254 e. The number of fused-ring (bicyclic) bond motifs is 1. The first kappa shape index (κ1) is 22.2. The molecule has 0 spiro atoms. The summed E-state index contributed by atoms with van der Waals surface area (Å²) in [5.41, 5.74) is 1.80. The lowest BCUT2D eigenvalue weighted by Gasteiger charge is -2.31. The number of amides is 2. The van der Waals surface area contributed by atoms with Crippen LogP contribution in [0.3, 0.4) is 0 Å². The van der Waals surface area contributed by atoms with E-state index in [4.69, 9.17) is 4.74 Å². The lowest BCUT2D eigenvalue weighted by Crippen LogP contribution is -2.44. The second kappa shape index (κ2) is 10.5. The Morgan fingerprint density at radius 3 is 2.59 bits per heavy atom. The van der Waals surface area contributed by atoms with Gasteiger partial charge in [-0.05, 0) is 57.9 Å². The first-order valence-corrected chi connectivity index (χ1v) is 11.8. The fourth-order valence-electron chi connectivity index (χ4n) is 4.55. The van der Waals surface area contributed by atoms with Gasteiger partial charge in [-0.3, -0.25) is 14.5 Å². The topological polar surface area (TPSA) is 70.7 Å². The Bertz CT molecular complexity index is 710. The van der Waals surface area contributed by atoms with Crippen LogP contribution in [0.25, 0.3) is 0 Å². The third kappa shape index (κ3) is 5.58. The number of rotatable bonds is 9. The van der Waals surface area contributed by atoms with Crippen LogP contribution in [0.15, 0.2) is 0 Å². The van der Waals surface area contributed by atoms with Crippen LogP contribution in [0.5, 0.6) is 0 Å². The molecule has 162 valence electrons. The van der Waals surface area contributed by atoms with Gasteiger partial charge in [-0.15, -0.1) is 11.3 Å². The fraction of sp³-hybridized carbons (Fsp3) is 0.727. The second-order valence-electron chi connectivity index (χ2n) is 8.42. The van der Waals surface area contributed by atoms with Crippen molar-refractivity contribution in [3.8, 4) is 0 Å². The van der Waals surface area contributed by atoms with E-state index in [0.29, 0.717) is 42.3 Å². The number of aryl methyl sites for hydroxylation is 1. The van der Waals surface area contributed by atoms with Gasteiger partial charge in [0, 0.05) is 30.6 Å². The van der Waals surface area contributed by atoms with Gasteiger partial charge in [0.05, 0.1) is 18.7 Å². The van der Waals surface area contributed by atoms with Gasteiger partial charge in [0.2, 0.25) is 5.91 Å². The molecule has 6 nitrogen and oxygen atoms in total. The summed E-state index contributed by atoms with van der Waals surface area (Å²) in [6, 6.07) is 0.825. The van der Waals surface area contributed by atoms with E-state index in [-0.39, 0.29) is 11.8 Å². The smallest absolute Gasteiger partial charge is 0.254 e. The maximum atomic E-state index is 12.9. The van der Waals surface area contributed by atoms with Crippen molar-refractivity contribution < 1.29 is 14.3 Å². The van der Waals surface area contributed by atoms with Gasteiger partial charge >= 0.3 is 0 Å². The van der Waals surface area contributed by atoms with E-state index in [9.17, 15) is 9.59 Å². The fourth-order valence-corrected chi connectivity index (χ4v) is 5.85. The van der Waals surface area contributed by atoms with E-state index in [1.165, 1.54) is 30.6 Å². The van der Waals surface area contributed by atoms with Crippen molar-refractivity contribution in [1.29, 1.82) is 0 Å². The zero-order chi connectivity index (χ0) is 20.8. The predicted octanol–water partition coefficient (Wildman–Crippen LogP) is 3.59. The third-order valence-corrected chi connectivity index (χ3v) is 7.23.